The lowest BCUT2D eigenvalue weighted by molar-refractivity contribution is 0.301. The molecule has 160 valence electrons. The van der Waals surface area contributed by atoms with Gasteiger partial charge in [-0.05, 0) is 68.3 Å². The van der Waals surface area contributed by atoms with E-state index in [1.165, 1.54) is 4.31 Å². The largest absolute Gasteiger partial charge is 0.489 e. The normalized spacial score (nSPS) is 11.7. The lowest BCUT2D eigenvalue weighted by Crippen LogP contribution is -2.34. The number of benzene rings is 2. The molecule has 0 saturated heterocycles. The van der Waals surface area contributed by atoms with Crippen molar-refractivity contribution in [3.63, 3.8) is 0 Å². The predicted molar refractivity (Wildman–Crippen MR) is 118 cm³/mol. The predicted octanol–water partition coefficient (Wildman–Crippen LogP) is 5.38. The molecule has 0 unspecified atom stereocenters. The van der Waals surface area contributed by atoms with Crippen molar-refractivity contribution in [2.75, 3.05) is 10.8 Å². The monoisotopic (exact) mass is 448 g/mol. The molecule has 6 nitrogen and oxygen atoms in total. The molecule has 3 rings (SSSR count). The summed E-state index contributed by atoms with van der Waals surface area (Å²) in [5.41, 5.74) is 2.24. The van der Waals surface area contributed by atoms with Crippen molar-refractivity contribution in [3.05, 3.63) is 70.6 Å². The molecule has 0 amide bonds. The van der Waals surface area contributed by atoms with Crippen molar-refractivity contribution in [2.45, 2.75) is 39.2 Å². The molecule has 0 bridgehead atoms. The maximum absolute atomic E-state index is 13.3. The minimum Gasteiger partial charge on any atom is -0.489 e. The molecule has 0 spiro atoms. The fourth-order valence-corrected chi connectivity index (χ4v) is 4.73. The van der Waals surface area contributed by atoms with Crippen LogP contribution in [0.25, 0.3) is 0 Å². The van der Waals surface area contributed by atoms with Crippen LogP contribution < -0.4 is 9.04 Å². The molecule has 0 fully saturated rings. The highest BCUT2D eigenvalue weighted by Gasteiger charge is 2.25. The van der Waals surface area contributed by atoms with Crippen LogP contribution in [0.1, 0.15) is 30.9 Å². The van der Waals surface area contributed by atoms with E-state index in [0.29, 0.717) is 35.4 Å². The first-order valence-corrected chi connectivity index (χ1v) is 11.4. The minimum absolute atomic E-state index is 0.146. The van der Waals surface area contributed by atoms with Crippen molar-refractivity contribution in [2.24, 2.45) is 5.92 Å². The Labute approximate surface area is 182 Å². The molecule has 0 aliphatic rings. The van der Waals surface area contributed by atoms with E-state index in [4.69, 9.17) is 20.9 Å². The van der Waals surface area contributed by atoms with E-state index in [9.17, 15) is 8.42 Å². The fourth-order valence-electron chi connectivity index (χ4n) is 2.98. The zero-order chi connectivity index (χ0) is 21.9. The topological polar surface area (TPSA) is 72.6 Å². The molecule has 0 atom stereocenters. The second kappa shape index (κ2) is 9.10. The third-order valence-corrected chi connectivity index (χ3v) is 6.68. The Morgan fingerprint density at radius 2 is 1.70 bits per heavy atom. The van der Waals surface area contributed by atoms with Gasteiger partial charge in [0.15, 0.2) is 0 Å². The molecule has 2 aromatic carbocycles. The van der Waals surface area contributed by atoms with Crippen LogP contribution in [0.2, 0.25) is 5.02 Å². The first kappa shape index (κ1) is 22.2. The Bertz CT molecular complexity index is 1070. The molecule has 0 aliphatic heterocycles. The summed E-state index contributed by atoms with van der Waals surface area (Å²) in [5.74, 6) is 1.42. The summed E-state index contributed by atoms with van der Waals surface area (Å²) in [7, 11) is -3.74. The molecule has 0 N–H and O–H groups in total. The number of aryl methyl sites for hydroxylation is 2. The molecule has 0 saturated carbocycles. The second-order valence-electron chi connectivity index (χ2n) is 7.47. The average Bonchev–Trinajstić information content (AvgIpc) is 3.03. The van der Waals surface area contributed by atoms with Crippen molar-refractivity contribution in [1.82, 2.24) is 5.16 Å². The van der Waals surface area contributed by atoms with E-state index in [-0.39, 0.29) is 10.8 Å². The summed E-state index contributed by atoms with van der Waals surface area (Å²) in [6.07, 6.45) is 0. The lowest BCUT2D eigenvalue weighted by atomic mass is 10.2. The van der Waals surface area contributed by atoms with Gasteiger partial charge < -0.3 is 9.26 Å². The van der Waals surface area contributed by atoms with E-state index in [1.807, 2.05) is 27.7 Å². The number of anilines is 1. The van der Waals surface area contributed by atoms with Crippen molar-refractivity contribution < 1.29 is 17.7 Å². The maximum Gasteiger partial charge on any atom is 0.264 e. The van der Waals surface area contributed by atoms with E-state index < -0.39 is 10.0 Å². The smallest absolute Gasteiger partial charge is 0.264 e. The summed E-state index contributed by atoms with van der Waals surface area (Å²) < 4.78 is 39.0. The van der Waals surface area contributed by atoms with Crippen LogP contribution >= 0.6 is 11.6 Å². The van der Waals surface area contributed by atoms with E-state index in [2.05, 4.69) is 5.16 Å². The maximum atomic E-state index is 13.3. The fraction of sp³-hybridized carbons (Fsp3) is 0.318. The number of sulfonamides is 1. The van der Waals surface area contributed by atoms with Gasteiger partial charge >= 0.3 is 0 Å². The highest BCUT2D eigenvalue weighted by molar-refractivity contribution is 7.92. The number of hydrogen-bond acceptors (Lipinski definition) is 5. The minimum atomic E-state index is -3.74. The Hall–Kier alpha value is -2.51. The number of halogens is 1. The second-order valence-corrected chi connectivity index (χ2v) is 9.77. The van der Waals surface area contributed by atoms with Gasteiger partial charge in [0.2, 0.25) is 0 Å². The quantitative estimate of drug-likeness (QED) is 0.462. The Kier molecular flexibility index (Phi) is 6.73. The number of nitrogens with zero attached hydrogens (tertiary/aromatic N) is 2. The van der Waals surface area contributed by atoms with Gasteiger partial charge in [-0.15, -0.1) is 0 Å². The Balaban J connectivity index is 1.82. The molecule has 1 aromatic heterocycles. The van der Waals surface area contributed by atoms with Gasteiger partial charge in [0, 0.05) is 11.6 Å². The van der Waals surface area contributed by atoms with Gasteiger partial charge in [-0.1, -0.05) is 30.6 Å². The highest BCUT2D eigenvalue weighted by atomic mass is 35.5. The SMILES string of the molecule is Cc1noc(C)c1COc1ccc(S(=O)(=O)N(CC(C)C)c2ccc(Cl)cc2)cc1. The van der Waals surface area contributed by atoms with Crippen LogP contribution in [-0.4, -0.2) is 20.1 Å². The van der Waals surface area contributed by atoms with Crippen molar-refractivity contribution in [1.29, 1.82) is 0 Å². The third kappa shape index (κ3) is 4.96. The Morgan fingerprint density at radius 3 is 2.23 bits per heavy atom. The van der Waals surface area contributed by atoms with Crippen LogP contribution in [0, 0.1) is 19.8 Å². The zero-order valence-electron chi connectivity index (χ0n) is 17.4. The standard InChI is InChI=1S/C22H25ClN2O4S/c1-15(2)13-25(19-7-5-18(23)6-8-19)30(26,27)21-11-9-20(10-12-21)28-14-22-16(3)24-29-17(22)4/h5-12,15H,13-14H2,1-4H3. The van der Waals surface area contributed by atoms with Gasteiger partial charge in [-0.3, -0.25) is 4.31 Å². The van der Waals surface area contributed by atoms with Gasteiger partial charge in [-0.2, -0.15) is 0 Å². The molecule has 30 heavy (non-hydrogen) atoms. The summed E-state index contributed by atoms with van der Waals surface area (Å²) in [6.45, 7) is 8.29. The summed E-state index contributed by atoms with van der Waals surface area (Å²) in [6, 6.07) is 13.2. The lowest BCUT2D eigenvalue weighted by Gasteiger charge is -2.26. The van der Waals surface area contributed by atoms with E-state index in [1.54, 1.807) is 48.5 Å². The molecular formula is C22H25ClN2O4S. The van der Waals surface area contributed by atoms with Crippen LogP contribution in [-0.2, 0) is 16.6 Å². The first-order valence-electron chi connectivity index (χ1n) is 9.61. The Morgan fingerprint density at radius 1 is 1.07 bits per heavy atom. The van der Waals surface area contributed by atoms with Crippen LogP contribution in [0.15, 0.2) is 57.9 Å². The van der Waals surface area contributed by atoms with Crippen LogP contribution in [0.3, 0.4) is 0 Å². The van der Waals surface area contributed by atoms with Gasteiger partial charge in [0.1, 0.15) is 18.1 Å². The zero-order valence-corrected chi connectivity index (χ0v) is 19.0. The molecule has 3 aromatic rings. The van der Waals surface area contributed by atoms with Crippen molar-refractivity contribution in [3.8, 4) is 5.75 Å². The summed E-state index contributed by atoms with van der Waals surface area (Å²) in [5, 5.41) is 4.46. The molecule has 0 radical (unpaired) electrons. The van der Waals surface area contributed by atoms with Crippen LogP contribution in [0.4, 0.5) is 5.69 Å². The number of rotatable bonds is 8. The molecule has 1 heterocycles. The number of hydrogen-bond donors (Lipinski definition) is 0. The molecule has 0 aliphatic carbocycles. The van der Waals surface area contributed by atoms with E-state index >= 15 is 0 Å². The van der Waals surface area contributed by atoms with E-state index in [0.717, 1.165) is 11.3 Å². The molecular weight excluding hydrogens is 424 g/mol. The van der Waals surface area contributed by atoms with Gasteiger partial charge in [0.25, 0.3) is 10.0 Å². The van der Waals surface area contributed by atoms with Crippen LogP contribution in [0.5, 0.6) is 5.75 Å². The third-order valence-electron chi connectivity index (χ3n) is 4.62. The molecule has 8 heteroatoms. The summed E-state index contributed by atoms with van der Waals surface area (Å²) in [4.78, 5) is 0.197. The van der Waals surface area contributed by atoms with Gasteiger partial charge in [-0.25, -0.2) is 8.42 Å². The average molecular weight is 449 g/mol. The first-order chi connectivity index (χ1) is 14.2. The summed E-state index contributed by atoms with van der Waals surface area (Å²) >= 11 is 5.97. The number of aromatic nitrogens is 1. The van der Waals surface area contributed by atoms with Crippen molar-refractivity contribution >= 4 is 27.3 Å². The highest BCUT2D eigenvalue weighted by Crippen LogP contribution is 2.27. The van der Waals surface area contributed by atoms with Gasteiger partial charge in [0.05, 0.1) is 21.8 Å². The number of ether oxygens (including phenoxy) is 1.